The molecule has 0 saturated heterocycles. The average Bonchev–Trinajstić information content (AvgIpc) is 3.44. The molecular weight excluding hydrogens is 554 g/mol. The second kappa shape index (κ2) is 12.4. The topological polar surface area (TPSA) is 165 Å². The molecule has 4 rings (SSSR count). The highest BCUT2D eigenvalue weighted by molar-refractivity contribution is 7.85. The van der Waals surface area contributed by atoms with Crippen LogP contribution in [0.15, 0.2) is 53.2 Å². The molecule has 0 aliphatic rings. The Morgan fingerprint density at radius 1 is 1.08 bits per heavy atom. The van der Waals surface area contributed by atoms with Gasteiger partial charge in [0.2, 0.25) is 17.7 Å². The molecule has 0 fully saturated rings. The molecule has 0 atom stereocenters. The molecule has 3 aromatic heterocycles. The SMILES string of the molecule is O=C(CCCCC[n+]1ccc(-c2nc3ccc(OCCCS(=O)(=O)O)cc3o2)c(Cl)c1)On1c(O)ccc1O. The minimum absolute atomic E-state index is 0.115. The third kappa shape index (κ3) is 7.85. The quantitative estimate of drug-likeness (QED) is 0.121. The highest BCUT2D eigenvalue weighted by atomic mass is 35.5. The fourth-order valence-corrected chi connectivity index (χ4v) is 4.50. The number of ether oxygens (including phenoxy) is 1. The Labute approximate surface area is 228 Å². The Bertz CT molecular complexity index is 1550. The summed E-state index contributed by atoms with van der Waals surface area (Å²) in [6.45, 7) is 0.782. The first-order valence-corrected chi connectivity index (χ1v) is 14.1. The van der Waals surface area contributed by atoms with Crippen molar-refractivity contribution in [2.75, 3.05) is 12.4 Å². The minimum Gasteiger partial charge on any atom is -0.493 e. The predicted molar refractivity (Wildman–Crippen MR) is 139 cm³/mol. The Hall–Kier alpha value is -3.81. The van der Waals surface area contributed by atoms with Crippen molar-refractivity contribution in [3.8, 4) is 29.0 Å². The van der Waals surface area contributed by atoms with Gasteiger partial charge in [-0.3, -0.25) is 4.55 Å². The Balaban J connectivity index is 1.26. The van der Waals surface area contributed by atoms with Crippen LogP contribution in [0.1, 0.15) is 32.1 Å². The summed E-state index contributed by atoms with van der Waals surface area (Å²) in [4.78, 5) is 21.3. The number of aromatic nitrogens is 3. The monoisotopic (exact) mass is 580 g/mol. The van der Waals surface area contributed by atoms with E-state index in [1.165, 1.54) is 12.1 Å². The molecule has 0 aliphatic heterocycles. The molecule has 3 heterocycles. The van der Waals surface area contributed by atoms with Crippen LogP contribution in [0.2, 0.25) is 5.02 Å². The molecule has 0 bridgehead atoms. The van der Waals surface area contributed by atoms with E-state index in [1.807, 2.05) is 10.8 Å². The van der Waals surface area contributed by atoms with Gasteiger partial charge in [-0.15, -0.1) is 4.73 Å². The van der Waals surface area contributed by atoms with Gasteiger partial charge in [0, 0.05) is 37.1 Å². The van der Waals surface area contributed by atoms with E-state index in [9.17, 15) is 23.4 Å². The van der Waals surface area contributed by atoms with Crippen LogP contribution in [-0.2, 0) is 21.5 Å². The van der Waals surface area contributed by atoms with Crippen molar-refractivity contribution in [3.63, 3.8) is 0 Å². The number of halogens is 1. The van der Waals surface area contributed by atoms with Crippen molar-refractivity contribution in [1.29, 1.82) is 0 Å². The number of aryl methyl sites for hydroxylation is 1. The molecule has 0 amide bonds. The summed E-state index contributed by atoms with van der Waals surface area (Å²) in [6.07, 6.45) is 6.00. The normalized spacial score (nSPS) is 11.6. The number of aromatic hydroxyl groups is 2. The van der Waals surface area contributed by atoms with E-state index in [1.54, 1.807) is 30.5 Å². The molecule has 39 heavy (non-hydrogen) atoms. The number of hydrogen-bond donors (Lipinski definition) is 3. The van der Waals surface area contributed by atoms with Crippen molar-refractivity contribution in [2.24, 2.45) is 0 Å². The molecule has 3 N–H and O–H groups in total. The van der Waals surface area contributed by atoms with E-state index in [0.717, 1.165) is 12.8 Å². The van der Waals surface area contributed by atoms with Crippen molar-refractivity contribution in [2.45, 2.75) is 38.6 Å². The number of fused-ring (bicyclic) bond motifs is 1. The van der Waals surface area contributed by atoms with E-state index in [-0.39, 0.29) is 37.0 Å². The standard InChI is InChI=1S/C25H26ClN3O9S/c26-19-16-28(11-3-1-2-5-24(32)38-29-22(30)8-9-23(29)31)12-10-18(19)25-27-20-7-6-17(15-21(20)37-25)36-13-4-14-39(33,34)35/h6-10,12,15-16,27H,1-5,11,13-14H2,(H,33,34,35)/p+1. The number of hydrogen-bond acceptors (Lipinski definition) is 9. The smallest absolute Gasteiger partial charge is 0.333 e. The van der Waals surface area contributed by atoms with Gasteiger partial charge in [-0.2, -0.15) is 8.42 Å². The van der Waals surface area contributed by atoms with E-state index in [4.69, 9.17) is 30.1 Å². The average molecular weight is 581 g/mol. The highest BCUT2D eigenvalue weighted by Gasteiger charge is 2.16. The van der Waals surface area contributed by atoms with Gasteiger partial charge in [0.15, 0.2) is 18.0 Å². The lowest BCUT2D eigenvalue weighted by molar-refractivity contribution is -0.697. The molecule has 0 saturated carbocycles. The molecule has 0 unspecified atom stereocenters. The summed E-state index contributed by atoms with van der Waals surface area (Å²) in [5, 5.41) is 19.5. The Morgan fingerprint density at radius 2 is 1.85 bits per heavy atom. The second-order valence-electron chi connectivity index (χ2n) is 8.70. The maximum Gasteiger partial charge on any atom is 0.333 e. The second-order valence-corrected chi connectivity index (χ2v) is 10.7. The minimum atomic E-state index is -4.02. The van der Waals surface area contributed by atoms with Crippen LogP contribution in [0, 0.1) is 0 Å². The molecule has 0 aliphatic carbocycles. The number of oxazole rings is 1. The summed E-state index contributed by atoms with van der Waals surface area (Å²) >= 11 is 6.50. The molecule has 208 valence electrons. The fraction of sp³-hybridized carbons (Fsp3) is 0.320. The summed E-state index contributed by atoms with van der Waals surface area (Å²) in [7, 11) is -4.02. The number of rotatable bonds is 13. The van der Waals surface area contributed by atoms with E-state index >= 15 is 0 Å². The zero-order valence-corrected chi connectivity index (χ0v) is 22.3. The van der Waals surface area contributed by atoms with Gasteiger partial charge in [0.1, 0.15) is 22.8 Å². The van der Waals surface area contributed by atoms with Crippen molar-refractivity contribution < 1.29 is 46.5 Å². The number of benzene rings is 1. The number of pyridine rings is 1. The van der Waals surface area contributed by atoms with Crippen LogP contribution in [0.4, 0.5) is 0 Å². The number of unbranched alkanes of at least 4 members (excludes halogenated alkanes) is 2. The van der Waals surface area contributed by atoms with Crippen LogP contribution in [0.5, 0.6) is 17.5 Å². The number of nitrogens with zero attached hydrogens (tertiary/aromatic N) is 3. The van der Waals surface area contributed by atoms with E-state index < -0.39 is 16.1 Å². The molecule has 12 nitrogen and oxygen atoms in total. The van der Waals surface area contributed by atoms with Crippen molar-refractivity contribution >= 4 is 38.8 Å². The largest absolute Gasteiger partial charge is 0.493 e. The maximum atomic E-state index is 11.9. The molecule has 4 aromatic rings. The van der Waals surface area contributed by atoms with E-state index in [0.29, 0.717) is 51.0 Å². The van der Waals surface area contributed by atoms with Gasteiger partial charge < -0.3 is 24.2 Å². The van der Waals surface area contributed by atoms with Crippen LogP contribution < -0.4 is 14.1 Å². The maximum absolute atomic E-state index is 11.9. The lowest BCUT2D eigenvalue weighted by atomic mass is 10.2. The fourth-order valence-electron chi connectivity index (χ4n) is 3.75. The van der Waals surface area contributed by atoms with Crippen molar-refractivity contribution in [1.82, 2.24) is 9.71 Å². The first-order valence-electron chi connectivity index (χ1n) is 12.1. The third-order valence-electron chi connectivity index (χ3n) is 5.66. The van der Waals surface area contributed by atoms with Crippen LogP contribution in [0.25, 0.3) is 22.6 Å². The van der Waals surface area contributed by atoms with Crippen LogP contribution in [0.3, 0.4) is 0 Å². The first-order chi connectivity index (χ1) is 18.6. The highest BCUT2D eigenvalue weighted by Crippen LogP contribution is 2.30. The third-order valence-corrected chi connectivity index (χ3v) is 6.77. The van der Waals surface area contributed by atoms with Gasteiger partial charge in [0.25, 0.3) is 10.1 Å². The Kier molecular flexibility index (Phi) is 8.94. The summed E-state index contributed by atoms with van der Waals surface area (Å²) < 4.78 is 44.4. The number of carbonyl (C=O) groups excluding carboxylic acids is 1. The van der Waals surface area contributed by atoms with Gasteiger partial charge in [-0.25, -0.2) is 14.3 Å². The molecule has 0 spiro atoms. The van der Waals surface area contributed by atoms with Crippen molar-refractivity contribution in [3.05, 3.63) is 53.8 Å². The molecule has 14 heteroatoms. The van der Waals surface area contributed by atoms with Gasteiger partial charge in [-0.1, -0.05) is 11.6 Å². The van der Waals surface area contributed by atoms with Gasteiger partial charge >= 0.3 is 5.97 Å². The van der Waals surface area contributed by atoms with E-state index in [2.05, 4.69) is 4.98 Å². The zero-order chi connectivity index (χ0) is 28.0. The summed E-state index contributed by atoms with van der Waals surface area (Å²) in [6, 6.07) is 9.29. The van der Waals surface area contributed by atoms with Gasteiger partial charge in [-0.05, 0) is 31.4 Å². The molecular formula is C25H27ClN3O9S+. The molecule has 0 radical (unpaired) electrons. The lowest BCUT2D eigenvalue weighted by Crippen LogP contribution is -2.32. The summed E-state index contributed by atoms with van der Waals surface area (Å²) in [5.41, 5.74) is 1.69. The zero-order valence-electron chi connectivity index (χ0n) is 20.7. The van der Waals surface area contributed by atoms with Crippen LogP contribution in [-0.4, -0.2) is 51.2 Å². The van der Waals surface area contributed by atoms with Gasteiger partial charge in [0.05, 0.1) is 17.9 Å². The molecule has 1 aromatic carbocycles. The predicted octanol–water partition coefficient (Wildman–Crippen LogP) is 3.52. The van der Waals surface area contributed by atoms with Crippen LogP contribution >= 0.6 is 11.6 Å². The Morgan fingerprint density at radius 3 is 2.56 bits per heavy atom. The first kappa shape index (κ1) is 28.2. The number of carbonyl (C=O) groups is 1. The summed E-state index contributed by atoms with van der Waals surface area (Å²) in [5.74, 6) is -0.848. The lowest BCUT2D eigenvalue weighted by Gasteiger charge is -2.06.